The fraction of sp³-hybridized carbons (Fsp3) is 0.833. The molecule has 1 amide bonds. The monoisotopic (exact) mass is 225 g/mol. The highest BCUT2D eigenvalue weighted by atomic mass is 16.4. The zero-order chi connectivity index (χ0) is 11.8. The summed E-state index contributed by atoms with van der Waals surface area (Å²) >= 11 is 0. The van der Waals surface area contributed by atoms with Crippen molar-refractivity contribution in [3.05, 3.63) is 0 Å². The molecule has 2 atom stereocenters. The average molecular weight is 225 g/mol. The van der Waals surface area contributed by atoms with Crippen LogP contribution in [-0.4, -0.2) is 23.0 Å². The van der Waals surface area contributed by atoms with Crippen LogP contribution in [0.1, 0.15) is 45.4 Å². The van der Waals surface area contributed by atoms with Gasteiger partial charge in [-0.15, -0.1) is 0 Å². The molecule has 4 heteroatoms. The van der Waals surface area contributed by atoms with Crippen LogP contribution < -0.4 is 5.32 Å². The molecule has 2 rings (SSSR count). The summed E-state index contributed by atoms with van der Waals surface area (Å²) in [5.74, 6) is -0.734. The molecule has 2 aliphatic rings. The Morgan fingerprint density at radius 1 is 1.25 bits per heavy atom. The molecule has 0 radical (unpaired) electrons. The molecule has 0 aromatic heterocycles. The number of aliphatic carboxylic acids is 1. The molecule has 2 saturated carbocycles. The Labute approximate surface area is 95.4 Å². The number of hydrogen-bond donors (Lipinski definition) is 2. The smallest absolute Gasteiger partial charge is 0.319 e. The van der Waals surface area contributed by atoms with Crippen LogP contribution in [0.15, 0.2) is 0 Å². The summed E-state index contributed by atoms with van der Waals surface area (Å²) in [5.41, 5.74) is -1.11. The summed E-state index contributed by atoms with van der Waals surface area (Å²) in [4.78, 5) is 23.1. The molecule has 90 valence electrons. The van der Waals surface area contributed by atoms with Gasteiger partial charge in [-0.2, -0.15) is 0 Å². The summed E-state index contributed by atoms with van der Waals surface area (Å²) in [6, 6.07) is 0.185. The van der Waals surface area contributed by atoms with E-state index in [-0.39, 0.29) is 11.9 Å². The van der Waals surface area contributed by atoms with Crippen molar-refractivity contribution in [2.24, 2.45) is 11.3 Å². The van der Waals surface area contributed by atoms with E-state index in [2.05, 4.69) is 12.2 Å². The van der Waals surface area contributed by atoms with Gasteiger partial charge in [-0.1, -0.05) is 19.8 Å². The van der Waals surface area contributed by atoms with Crippen molar-refractivity contribution in [3.8, 4) is 0 Å². The molecule has 0 bridgehead atoms. The fourth-order valence-corrected chi connectivity index (χ4v) is 2.73. The Morgan fingerprint density at radius 3 is 2.31 bits per heavy atom. The molecular weight excluding hydrogens is 206 g/mol. The van der Waals surface area contributed by atoms with Gasteiger partial charge < -0.3 is 10.4 Å². The molecule has 4 nitrogen and oxygen atoms in total. The largest absolute Gasteiger partial charge is 0.480 e. The van der Waals surface area contributed by atoms with E-state index in [4.69, 9.17) is 5.11 Å². The third kappa shape index (κ3) is 1.70. The number of carboxylic acids is 1. The maximum atomic E-state index is 12.0. The predicted molar refractivity (Wildman–Crippen MR) is 58.9 cm³/mol. The standard InChI is InChI=1S/C12H19NO3/c1-8-4-2-5-9(8)13-10(14)12(11(15)16)6-3-7-12/h8-9H,2-7H2,1H3,(H,13,14)(H,15,16). The summed E-state index contributed by atoms with van der Waals surface area (Å²) in [6.45, 7) is 2.12. The van der Waals surface area contributed by atoms with Crippen LogP contribution in [0.5, 0.6) is 0 Å². The van der Waals surface area contributed by atoms with Crippen LogP contribution in [0.4, 0.5) is 0 Å². The number of hydrogen-bond acceptors (Lipinski definition) is 2. The zero-order valence-corrected chi connectivity index (χ0v) is 9.66. The van der Waals surface area contributed by atoms with Gasteiger partial charge in [0.1, 0.15) is 5.41 Å². The van der Waals surface area contributed by atoms with Crippen LogP contribution in [0.25, 0.3) is 0 Å². The van der Waals surface area contributed by atoms with E-state index in [0.29, 0.717) is 18.8 Å². The second-order valence-corrected chi connectivity index (χ2v) is 5.23. The van der Waals surface area contributed by atoms with Crippen LogP contribution in [0, 0.1) is 11.3 Å². The first-order chi connectivity index (χ1) is 7.56. The molecule has 2 unspecified atom stereocenters. The molecule has 0 heterocycles. The minimum atomic E-state index is -1.11. The maximum Gasteiger partial charge on any atom is 0.319 e. The SMILES string of the molecule is CC1CCCC1NC(=O)C1(C(=O)O)CCC1. The van der Waals surface area contributed by atoms with Gasteiger partial charge in [-0.25, -0.2) is 0 Å². The number of carbonyl (C=O) groups excluding carboxylic acids is 1. The zero-order valence-electron chi connectivity index (χ0n) is 9.66. The highest BCUT2D eigenvalue weighted by Crippen LogP contribution is 2.42. The number of carboxylic acid groups (broad SMARTS) is 1. The summed E-state index contributed by atoms with van der Waals surface area (Å²) in [5, 5.41) is 12.1. The van der Waals surface area contributed by atoms with Gasteiger partial charge >= 0.3 is 5.97 Å². The normalized spacial score (nSPS) is 31.8. The van der Waals surface area contributed by atoms with E-state index in [1.807, 2.05) is 0 Å². The van der Waals surface area contributed by atoms with Crippen LogP contribution in [0.2, 0.25) is 0 Å². The second kappa shape index (κ2) is 4.07. The average Bonchev–Trinajstić information content (AvgIpc) is 2.48. The first-order valence-corrected chi connectivity index (χ1v) is 6.10. The van der Waals surface area contributed by atoms with E-state index in [0.717, 1.165) is 25.7 Å². The molecular formula is C12H19NO3. The Hall–Kier alpha value is -1.06. The summed E-state index contributed by atoms with van der Waals surface area (Å²) in [7, 11) is 0. The molecule has 0 aromatic carbocycles. The highest BCUT2D eigenvalue weighted by molar-refractivity contribution is 6.02. The topological polar surface area (TPSA) is 66.4 Å². The third-order valence-electron chi connectivity index (χ3n) is 4.23. The molecule has 0 aliphatic heterocycles. The first-order valence-electron chi connectivity index (χ1n) is 6.10. The first kappa shape index (κ1) is 11.4. The lowest BCUT2D eigenvalue weighted by Gasteiger charge is -2.37. The highest BCUT2D eigenvalue weighted by Gasteiger charge is 2.51. The van der Waals surface area contributed by atoms with Crippen molar-refractivity contribution in [2.75, 3.05) is 0 Å². The second-order valence-electron chi connectivity index (χ2n) is 5.23. The summed E-state index contributed by atoms with van der Waals surface area (Å²) < 4.78 is 0. The Bertz CT molecular complexity index is 309. The molecule has 2 fully saturated rings. The fourth-order valence-electron chi connectivity index (χ4n) is 2.73. The van der Waals surface area contributed by atoms with Gasteiger partial charge in [-0.3, -0.25) is 9.59 Å². The molecule has 0 saturated heterocycles. The van der Waals surface area contributed by atoms with Gasteiger partial charge in [0.25, 0.3) is 0 Å². The van der Waals surface area contributed by atoms with Gasteiger partial charge in [0.2, 0.25) is 5.91 Å². The van der Waals surface area contributed by atoms with Gasteiger partial charge in [0.05, 0.1) is 0 Å². The van der Waals surface area contributed by atoms with E-state index in [1.54, 1.807) is 0 Å². The van der Waals surface area contributed by atoms with E-state index in [9.17, 15) is 9.59 Å². The van der Waals surface area contributed by atoms with Gasteiger partial charge in [0, 0.05) is 6.04 Å². The van der Waals surface area contributed by atoms with Crippen LogP contribution in [-0.2, 0) is 9.59 Å². The quantitative estimate of drug-likeness (QED) is 0.716. The van der Waals surface area contributed by atoms with Crippen LogP contribution >= 0.6 is 0 Å². The third-order valence-corrected chi connectivity index (χ3v) is 4.23. The summed E-state index contributed by atoms with van der Waals surface area (Å²) in [6.07, 6.45) is 5.09. The van der Waals surface area contributed by atoms with Crippen molar-refractivity contribution in [1.82, 2.24) is 5.32 Å². The molecule has 2 aliphatic carbocycles. The van der Waals surface area contributed by atoms with Crippen molar-refractivity contribution in [3.63, 3.8) is 0 Å². The van der Waals surface area contributed by atoms with Gasteiger partial charge in [0.15, 0.2) is 0 Å². The molecule has 2 N–H and O–H groups in total. The number of amides is 1. The maximum absolute atomic E-state index is 12.0. The van der Waals surface area contributed by atoms with Crippen LogP contribution in [0.3, 0.4) is 0 Å². The Kier molecular flexibility index (Phi) is 2.91. The molecule has 16 heavy (non-hydrogen) atoms. The lowest BCUT2D eigenvalue weighted by Crippen LogP contribution is -2.53. The minimum absolute atomic E-state index is 0.185. The van der Waals surface area contributed by atoms with Crippen molar-refractivity contribution < 1.29 is 14.7 Å². The lowest BCUT2D eigenvalue weighted by atomic mass is 9.68. The number of nitrogens with one attached hydrogen (secondary N) is 1. The number of rotatable bonds is 3. The molecule has 0 spiro atoms. The predicted octanol–water partition coefficient (Wildman–Crippen LogP) is 1.55. The van der Waals surface area contributed by atoms with E-state index < -0.39 is 11.4 Å². The van der Waals surface area contributed by atoms with Crippen molar-refractivity contribution >= 4 is 11.9 Å². The van der Waals surface area contributed by atoms with E-state index in [1.165, 1.54) is 0 Å². The van der Waals surface area contributed by atoms with E-state index >= 15 is 0 Å². The lowest BCUT2D eigenvalue weighted by molar-refractivity contribution is -0.162. The molecule has 0 aromatic rings. The van der Waals surface area contributed by atoms with Crippen molar-refractivity contribution in [2.45, 2.75) is 51.5 Å². The van der Waals surface area contributed by atoms with Gasteiger partial charge in [-0.05, 0) is 31.6 Å². The Morgan fingerprint density at radius 2 is 1.94 bits per heavy atom. The van der Waals surface area contributed by atoms with Crippen molar-refractivity contribution in [1.29, 1.82) is 0 Å². The number of carbonyl (C=O) groups is 2. The Balaban J connectivity index is 1.99. The minimum Gasteiger partial charge on any atom is -0.480 e.